The summed E-state index contributed by atoms with van der Waals surface area (Å²) in [6.45, 7) is 9.92. The molecule has 29 heavy (non-hydrogen) atoms. The van der Waals surface area contributed by atoms with E-state index >= 15 is 0 Å². The van der Waals surface area contributed by atoms with Gasteiger partial charge in [0.05, 0.1) is 17.2 Å². The molecule has 4 rings (SSSR count). The normalized spacial score (nSPS) is 25.2. The van der Waals surface area contributed by atoms with Gasteiger partial charge >= 0.3 is 0 Å². The summed E-state index contributed by atoms with van der Waals surface area (Å²) in [6.07, 6.45) is 1.82. The maximum absolute atomic E-state index is 14.9. The van der Waals surface area contributed by atoms with Crippen molar-refractivity contribution in [3.8, 4) is 0 Å². The minimum Gasteiger partial charge on any atom is -0.346 e. The maximum atomic E-state index is 14.9. The molecule has 0 spiro atoms. The molecular weight excluding hydrogens is 379 g/mol. The monoisotopic (exact) mass is 408 g/mol. The number of fused-ring (bicyclic) bond motifs is 1. The Morgan fingerprint density at radius 2 is 1.62 bits per heavy atom. The number of likely N-dealkylation sites (N-methyl/N-ethyl adjacent to an activating group) is 1. The van der Waals surface area contributed by atoms with E-state index in [1.807, 2.05) is 36.5 Å². The number of anilines is 2. The molecule has 0 saturated carbocycles. The first-order valence-corrected chi connectivity index (χ1v) is 11.8. The van der Waals surface area contributed by atoms with Gasteiger partial charge in [-0.25, -0.2) is 4.67 Å². The van der Waals surface area contributed by atoms with Crippen LogP contribution in [0.4, 0.5) is 11.4 Å². The van der Waals surface area contributed by atoms with Crippen LogP contribution in [0.2, 0.25) is 0 Å². The van der Waals surface area contributed by atoms with E-state index in [0.29, 0.717) is 13.1 Å². The molecule has 152 valence electrons. The predicted octanol–water partition coefficient (Wildman–Crippen LogP) is 5.67. The lowest BCUT2D eigenvalue weighted by Crippen LogP contribution is -2.31. The predicted molar refractivity (Wildman–Crippen MR) is 123 cm³/mol. The topological polar surface area (TPSA) is 39.2 Å². The van der Waals surface area contributed by atoms with Gasteiger partial charge in [0.1, 0.15) is 0 Å². The van der Waals surface area contributed by atoms with Crippen molar-refractivity contribution >= 4 is 25.0 Å². The summed E-state index contributed by atoms with van der Waals surface area (Å²) >= 11 is 0. The summed E-state index contributed by atoms with van der Waals surface area (Å²) < 4.78 is 18.7. The fourth-order valence-corrected chi connectivity index (χ4v) is 7.73. The Morgan fingerprint density at radius 3 is 2.24 bits per heavy atom. The van der Waals surface area contributed by atoms with Gasteiger partial charge in [0.15, 0.2) is 0 Å². The fourth-order valence-electron chi connectivity index (χ4n) is 4.67. The standard InChI is InChI=1S/C23H29N4OP/c1-6-26(7-2)29(28)21(17-24-27(29)18-13-9-8-10-14-18)22-23(3,4)19-15-11-12-16-20(19)25(22)5/h8-17H,6-7H2,1-5H3/b22-21+/t29-/m0/s1. The van der Waals surface area contributed by atoms with Crippen LogP contribution in [0, 0.1) is 0 Å². The van der Waals surface area contributed by atoms with Gasteiger partial charge in [-0.15, -0.1) is 0 Å². The van der Waals surface area contributed by atoms with Crippen LogP contribution in [-0.4, -0.2) is 31.0 Å². The molecule has 0 aliphatic carbocycles. The van der Waals surface area contributed by atoms with Crippen LogP contribution in [-0.2, 0) is 9.98 Å². The fraction of sp³-hybridized carbons (Fsp3) is 0.348. The summed E-state index contributed by atoms with van der Waals surface area (Å²) in [5.74, 6) is 0. The molecule has 0 radical (unpaired) electrons. The Bertz CT molecular complexity index is 1020. The molecule has 2 aromatic rings. The van der Waals surface area contributed by atoms with Crippen molar-refractivity contribution in [3.63, 3.8) is 0 Å². The molecule has 0 amide bonds. The zero-order valence-corrected chi connectivity index (χ0v) is 18.7. The minimum atomic E-state index is -3.13. The molecule has 0 bridgehead atoms. The van der Waals surface area contributed by atoms with E-state index in [1.54, 1.807) is 4.78 Å². The number of rotatable bonds is 4. The van der Waals surface area contributed by atoms with Crippen LogP contribution in [0.1, 0.15) is 33.3 Å². The molecule has 0 N–H and O–H groups in total. The zero-order chi connectivity index (χ0) is 20.8. The second-order valence-electron chi connectivity index (χ2n) is 7.99. The lowest BCUT2D eigenvalue weighted by Gasteiger charge is -2.36. The van der Waals surface area contributed by atoms with E-state index in [4.69, 9.17) is 0 Å². The highest BCUT2D eigenvalue weighted by atomic mass is 31.2. The van der Waals surface area contributed by atoms with E-state index in [-0.39, 0.29) is 5.41 Å². The Hall–Kier alpha value is -2.36. The lowest BCUT2D eigenvalue weighted by atomic mass is 9.84. The van der Waals surface area contributed by atoms with E-state index < -0.39 is 7.44 Å². The molecule has 2 heterocycles. The van der Waals surface area contributed by atoms with Crippen LogP contribution >= 0.6 is 7.44 Å². The van der Waals surface area contributed by atoms with E-state index in [1.165, 1.54) is 5.56 Å². The lowest BCUT2D eigenvalue weighted by molar-refractivity contribution is 0.446. The Kier molecular flexibility index (Phi) is 4.92. The highest BCUT2D eigenvalue weighted by molar-refractivity contribution is 7.69. The average Bonchev–Trinajstić information content (AvgIpc) is 3.16. The highest BCUT2D eigenvalue weighted by Gasteiger charge is 2.50. The third-order valence-electron chi connectivity index (χ3n) is 6.07. The Labute approximate surface area is 173 Å². The largest absolute Gasteiger partial charge is 0.346 e. The van der Waals surface area contributed by atoms with Crippen molar-refractivity contribution in [2.75, 3.05) is 29.8 Å². The van der Waals surface area contributed by atoms with Crippen molar-refractivity contribution in [1.82, 2.24) is 4.67 Å². The molecule has 1 atom stereocenters. The number of hydrogen-bond donors (Lipinski definition) is 0. The van der Waals surface area contributed by atoms with Crippen LogP contribution in [0.5, 0.6) is 0 Å². The first-order valence-electron chi connectivity index (χ1n) is 10.2. The van der Waals surface area contributed by atoms with Gasteiger partial charge in [0, 0.05) is 36.9 Å². The number of hydrogen-bond acceptors (Lipinski definition) is 3. The Balaban J connectivity index is 1.96. The number of para-hydroxylation sites is 2. The molecule has 0 fully saturated rings. The van der Waals surface area contributed by atoms with Gasteiger partial charge in [-0.2, -0.15) is 9.88 Å². The quantitative estimate of drug-likeness (QED) is 0.612. The number of benzene rings is 2. The molecule has 6 heteroatoms. The minimum absolute atomic E-state index is 0.262. The first-order chi connectivity index (χ1) is 13.9. The van der Waals surface area contributed by atoms with E-state index in [2.05, 4.69) is 73.7 Å². The van der Waals surface area contributed by atoms with Crippen molar-refractivity contribution in [2.24, 2.45) is 5.10 Å². The third kappa shape index (κ3) is 2.79. The molecule has 5 nitrogen and oxygen atoms in total. The second-order valence-corrected chi connectivity index (χ2v) is 10.5. The number of hydrazone groups is 1. The van der Waals surface area contributed by atoms with Crippen LogP contribution in [0.25, 0.3) is 0 Å². The van der Waals surface area contributed by atoms with Crippen molar-refractivity contribution in [2.45, 2.75) is 33.1 Å². The van der Waals surface area contributed by atoms with Crippen molar-refractivity contribution in [1.29, 1.82) is 0 Å². The van der Waals surface area contributed by atoms with Gasteiger partial charge in [0.25, 0.3) is 7.44 Å². The zero-order valence-electron chi connectivity index (χ0n) is 17.8. The van der Waals surface area contributed by atoms with Crippen LogP contribution in [0.3, 0.4) is 0 Å². The molecule has 0 saturated heterocycles. The van der Waals surface area contributed by atoms with Gasteiger partial charge in [-0.3, -0.25) is 4.57 Å². The van der Waals surface area contributed by atoms with E-state index in [0.717, 1.165) is 22.4 Å². The third-order valence-corrected chi connectivity index (χ3v) is 9.20. The van der Waals surface area contributed by atoms with Crippen LogP contribution in [0.15, 0.2) is 70.7 Å². The summed E-state index contributed by atoms with van der Waals surface area (Å²) in [5, 5.41) is 5.51. The number of nitrogens with zero attached hydrogens (tertiary/aromatic N) is 4. The molecular formula is C23H29N4OP. The average molecular weight is 408 g/mol. The highest BCUT2D eigenvalue weighted by Crippen LogP contribution is 2.67. The van der Waals surface area contributed by atoms with Crippen molar-refractivity contribution < 1.29 is 4.57 Å². The summed E-state index contributed by atoms with van der Waals surface area (Å²) in [4.78, 5) is 2.20. The van der Waals surface area contributed by atoms with Crippen LogP contribution < -0.4 is 9.68 Å². The summed E-state index contributed by atoms with van der Waals surface area (Å²) in [5.41, 5.74) is 4.07. The molecule has 2 aliphatic rings. The molecule has 2 aliphatic heterocycles. The second kappa shape index (κ2) is 7.16. The number of allylic oxidation sites excluding steroid dienone is 2. The Morgan fingerprint density at radius 1 is 1.00 bits per heavy atom. The van der Waals surface area contributed by atoms with Gasteiger partial charge in [-0.05, 0) is 23.8 Å². The molecule has 2 aromatic carbocycles. The van der Waals surface area contributed by atoms with Gasteiger partial charge in [-0.1, -0.05) is 64.1 Å². The van der Waals surface area contributed by atoms with E-state index in [9.17, 15) is 4.57 Å². The molecule has 0 aromatic heterocycles. The maximum Gasteiger partial charge on any atom is 0.292 e. The SMILES string of the molecule is CCN(CC)[P@@]1(=O)/C(=C2/N(C)c3ccccc3C2(C)C)C=NN1c1ccccc1. The van der Waals surface area contributed by atoms with Gasteiger partial charge in [0.2, 0.25) is 0 Å². The van der Waals surface area contributed by atoms with Crippen molar-refractivity contribution in [3.05, 3.63) is 71.2 Å². The first kappa shape index (κ1) is 19.9. The smallest absolute Gasteiger partial charge is 0.292 e. The molecule has 0 unspecified atom stereocenters. The summed E-state index contributed by atoms with van der Waals surface area (Å²) in [7, 11) is -1.06. The summed E-state index contributed by atoms with van der Waals surface area (Å²) in [6, 6.07) is 18.3. The van der Waals surface area contributed by atoms with Gasteiger partial charge < -0.3 is 4.90 Å².